The normalized spacial score (nSPS) is 13.7. The molecule has 1 aromatic rings. The van der Waals surface area contributed by atoms with Crippen LogP contribution in [0.2, 0.25) is 0 Å². The van der Waals surface area contributed by atoms with Crippen molar-refractivity contribution in [2.45, 2.75) is 39.7 Å². The van der Waals surface area contributed by atoms with Crippen LogP contribution in [0.4, 0.5) is 5.69 Å². The Morgan fingerprint density at radius 1 is 1.26 bits per heavy atom. The third-order valence-corrected chi connectivity index (χ3v) is 3.41. The number of benzene rings is 1. The summed E-state index contributed by atoms with van der Waals surface area (Å²) >= 11 is 0. The average molecular weight is 259 g/mol. The third-order valence-electron chi connectivity index (χ3n) is 3.41. The summed E-state index contributed by atoms with van der Waals surface area (Å²) in [6.07, 6.45) is 0.806. The molecule has 0 bridgehead atoms. The number of hydrogen-bond donors (Lipinski definition) is 1. The lowest BCUT2D eigenvalue weighted by Gasteiger charge is -2.27. The molecule has 104 valence electrons. The minimum Gasteiger partial charge on any atom is -0.374 e. The molecule has 1 atom stereocenters. The van der Waals surface area contributed by atoms with Gasteiger partial charge >= 0.3 is 0 Å². The highest BCUT2D eigenvalue weighted by atomic mass is 15.1. The number of aryl methyl sites for hydroxylation is 2. The zero-order valence-corrected chi connectivity index (χ0v) is 12.7. The van der Waals surface area contributed by atoms with Crippen LogP contribution in [0.3, 0.4) is 0 Å². The first-order valence-corrected chi connectivity index (χ1v) is 6.86. The third kappa shape index (κ3) is 4.57. The van der Waals surface area contributed by atoms with Gasteiger partial charge in [0.15, 0.2) is 0 Å². The molecule has 0 spiro atoms. The van der Waals surface area contributed by atoms with Crippen molar-refractivity contribution in [3.05, 3.63) is 29.3 Å². The van der Waals surface area contributed by atoms with Crippen molar-refractivity contribution >= 4 is 5.69 Å². The molecule has 0 heterocycles. The maximum absolute atomic E-state index is 9.26. The van der Waals surface area contributed by atoms with Crippen molar-refractivity contribution in [3.8, 4) is 6.07 Å². The average Bonchev–Trinajstić information content (AvgIpc) is 2.35. The Hall–Kier alpha value is -1.53. The van der Waals surface area contributed by atoms with E-state index in [1.54, 1.807) is 0 Å². The maximum atomic E-state index is 9.26. The summed E-state index contributed by atoms with van der Waals surface area (Å²) in [5, 5.41) is 12.5. The number of nitriles is 1. The second-order valence-corrected chi connectivity index (χ2v) is 5.49. The van der Waals surface area contributed by atoms with Crippen molar-refractivity contribution in [2.24, 2.45) is 0 Å². The molecule has 0 aliphatic rings. The van der Waals surface area contributed by atoms with Crippen molar-refractivity contribution in [1.29, 1.82) is 5.26 Å². The molecular formula is C16H25N3. The quantitative estimate of drug-likeness (QED) is 0.853. The van der Waals surface area contributed by atoms with Crippen molar-refractivity contribution < 1.29 is 0 Å². The minimum absolute atomic E-state index is 0.443. The molecule has 0 aliphatic carbocycles. The predicted molar refractivity (Wildman–Crippen MR) is 81.5 cm³/mol. The van der Waals surface area contributed by atoms with Gasteiger partial charge in [-0.25, -0.2) is 0 Å². The van der Waals surface area contributed by atoms with Crippen LogP contribution in [0.1, 0.15) is 31.4 Å². The monoisotopic (exact) mass is 259 g/mol. The fourth-order valence-electron chi connectivity index (χ4n) is 2.27. The number of rotatable bonds is 6. The number of anilines is 1. The van der Waals surface area contributed by atoms with Crippen LogP contribution >= 0.6 is 0 Å². The van der Waals surface area contributed by atoms with E-state index in [1.165, 1.54) is 16.8 Å². The summed E-state index contributed by atoms with van der Waals surface area (Å²) in [7, 11) is 2.08. The van der Waals surface area contributed by atoms with E-state index in [9.17, 15) is 5.26 Å². The molecule has 1 rings (SSSR count). The number of nitrogens with zero attached hydrogens (tertiary/aromatic N) is 2. The molecule has 3 nitrogen and oxygen atoms in total. The van der Waals surface area contributed by atoms with Crippen LogP contribution in [-0.2, 0) is 0 Å². The van der Waals surface area contributed by atoms with Crippen molar-refractivity contribution in [1.82, 2.24) is 5.32 Å². The summed E-state index contributed by atoms with van der Waals surface area (Å²) in [4.78, 5) is 2.22. The highest BCUT2D eigenvalue weighted by Gasteiger charge is 2.22. The molecule has 1 N–H and O–H groups in total. The fourth-order valence-corrected chi connectivity index (χ4v) is 2.27. The second kappa shape index (κ2) is 6.58. The topological polar surface area (TPSA) is 39.1 Å². The maximum Gasteiger partial charge on any atom is 0.105 e. The van der Waals surface area contributed by atoms with Crippen LogP contribution in [0.5, 0.6) is 0 Å². The Morgan fingerprint density at radius 2 is 1.84 bits per heavy atom. The van der Waals surface area contributed by atoms with Crippen LogP contribution in [-0.4, -0.2) is 25.7 Å². The Bertz CT molecular complexity index is 441. The molecule has 0 aliphatic heterocycles. The van der Waals surface area contributed by atoms with Gasteiger partial charge in [-0.05, 0) is 57.0 Å². The lowest BCUT2D eigenvalue weighted by molar-refractivity contribution is 0.432. The highest BCUT2D eigenvalue weighted by molar-refractivity contribution is 5.50. The SMILES string of the molecule is CCNC(C)(C#N)CCN(C)c1cc(C)cc(C)c1. The van der Waals surface area contributed by atoms with Gasteiger partial charge in [0.05, 0.1) is 6.07 Å². The van der Waals surface area contributed by atoms with Crippen molar-refractivity contribution in [3.63, 3.8) is 0 Å². The van der Waals surface area contributed by atoms with Gasteiger partial charge in [-0.1, -0.05) is 13.0 Å². The standard InChI is InChI=1S/C16H25N3/c1-6-18-16(4,12-17)7-8-19(5)15-10-13(2)9-14(3)11-15/h9-11,18H,6-8H2,1-5H3. The molecule has 19 heavy (non-hydrogen) atoms. The predicted octanol–water partition coefficient (Wildman–Crippen LogP) is 3.02. The second-order valence-electron chi connectivity index (χ2n) is 5.49. The molecule has 1 aromatic carbocycles. The van der Waals surface area contributed by atoms with Crippen molar-refractivity contribution in [2.75, 3.05) is 25.0 Å². The van der Waals surface area contributed by atoms with Gasteiger partial charge in [0.2, 0.25) is 0 Å². The Labute approximate surface area is 117 Å². The minimum atomic E-state index is -0.443. The van der Waals surface area contributed by atoms with Gasteiger partial charge in [-0.15, -0.1) is 0 Å². The zero-order valence-electron chi connectivity index (χ0n) is 12.7. The van der Waals surface area contributed by atoms with E-state index in [0.717, 1.165) is 19.5 Å². The molecule has 0 amide bonds. The van der Waals surface area contributed by atoms with Gasteiger partial charge in [-0.3, -0.25) is 5.32 Å². The molecule has 0 saturated carbocycles. The van der Waals surface area contributed by atoms with Crippen LogP contribution in [0.25, 0.3) is 0 Å². The highest BCUT2D eigenvalue weighted by Crippen LogP contribution is 2.19. The van der Waals surface area contributed by atoms with E-state index in [2.05, 4.69) is 55.4 Å². The van der Waals surface area contributed by atoms with E-state index in [1.807, 2.05) is 13.8 Å². The molecule has 0 fully saturated rings. The lowest BCUT2D eigenvalue weighted by atomic mass is 9.99. The van der Waals surface area contributed by atoms with Gasteiger partial charge in [0.25, 0.3) is 0 Å². The number of hydrogen-bond acceptors (Lipinski definition) is 3. The van der Waals surface area contributed by atoms with Crippen LogP contribution in [0.15, 0.2) is 18.2 Å². The first-order chi connectivity index (χ1) is 8.90. The van der Waals surface area contributed by atoms with Gasteiger partial charge < -0.3 is 4.90 Å². The van der Waals surface area contributed by atoms with E-state index in [4.69, 9.17) is 0 Å². The first-order valence-electron chi connectivity index (χ1n) is 6.86. The van der Waals surface area contributed by atoms with Crippen LogP contribution in [0, 0.1) is 25.2 Å². The van der Waals surface area contributed by atoms with Gasteiger partial charge in [0.1, 0.15) is 5.54 Å². The zero-order chi connectivity index (χ0) is 14.5. The largest absolute Gasteiger partial charge is 0.374 e. The molecular weight excluding hydrogens is 234 g/mol. The smallest absolute Gasteiger partial charge is 0.105 e. The van der Waals surface area contributed by atoms with Gasteiger partial charge in [0, 0.05) is 19.3 Å². The lowest BCUT2D eigenvalue weighted by Crippen LogP contribution is -2.43. The van der Waals surface area contributed by atoms with E-state index in [-0.39, 0.29) is 0 Å². The molecule has 0 radical (unpaired) electrons. The Kier molecular flexibility index (Phi) is 5.38. The summed E-state index contributed by atoms with van der Waals surface area (Å²) in [5.41, 5.74) is 3.32. The Balaban J connectivity index is 2.69. The summed E-state index contributed by atoms with van der Waals surface area (Å²) in [6, 6.07) is 8.92. The molecule has 0 aromatic heterocycles. The fraction of sp³-hybridized carbons (Fsp3) is 0.562. The molecule has 3 heteroatoms. The summed E-state index contributed by atoms with van der Waals surface area (Å²) in [5.74, 6) is 0. The van der Waals surface area contributed by atoms with Gasteiger partial charge in [-0.2, -0.15) is 5.26 Å². The number of nitrogens with one attached hydrogen (secondary N) is 1. The molecule has 1 unspecified atom stereocenters. The Morgan fingerprint density at radius 3 is 2.32 bits per heavy atom. The summed E-state index contributed by atoms with van der Waals surface area (Å²) < 4.78 is 0. The van der Waals surface area contributed by atoms with Crippen LogP contribution < -0.4 is 10.2 Å². The summed E-state index contributed by atoms with van der Waals surface area (Å²) in [6.45, 7) is 9.90. The first kappa shape index (κ1) is 15.5. The van der Waals surface area contributed by atoms with E-state index < -0.39 is 5.54 Å². The van der Waals surface area contributed by atoms with E-state index >= 15 is 0 Å². The molecule has 0 saturated heterocycles. The van der Waals surface area contributed by atoms with E-state index in [0.29, 0.717) is 0 Å².